The lowest BCUT2D eigenvalue weighted by Crippen LogP contribution is -2.28. The molecule has 0 amide bonds. The third kappa shape index (κ3) is 2.13. The van der Waals surface area contributed by atoms with Crippen LogP contribution in [0.2, 0.25) is 0 Å². The maximum absolute atomic E-state index is 10.5. The first-order chi connectivity index (χ1) is 7.67. The Kier molecular flexibility index (Phi) is 3.60. The number of nitrogens with zero attached hydrogens (tertiary/aromatic N) is 2. The molecule has 2 unspecified atom stereocenters. The molecule has 2 atom stereocenters. The summed E-state index contributed by atoms with van der Waals surface area (Å²) in [7, 11) is 0. The van der Waals surface area contributed by atoms with E-state index < -0.39 is 6.10 Å². The van der Waals surface area contributed by atoms with E-state index in [0.717, 1.165) is 31.0 Å². The molecule has 2 heterocycles. The molecule has 90 valence electrons. The van der Waals surface area contributed by atoms with Crippen LogP contribution in [0.15, 0.2) is 12.4 Å². The molecule has 0 radical (unpaired) electrons. The molecule has 3 nitrogen and oxygen atoms in total. The Morgan fingerprint density at radius 2 is 2.50 bits per heavy atom. The van der Waals surface area contributed by atoms with Crippen molar-refractivity contribution in [3.05, 3.63) is 18.2 Å². The zero-order valence-corrected chi connectivity index (χ0v) is 10.8. The second kappa shape index (κ2) is 4.80. The maximum Gasteiger partial charge on any atom is 0.139 e. The van der Waals surface area contributed by atoms with Crippen molar-refractivity contribution in [3.8, 4) is 0 Å². The minimum absolute atomic E-state index is 0.0448. The monoisotopic (exact) mass is 240 g/mol. The predicted octanol–water partition coefficient (Wildman–Crippen LogP) is 2.61. The minimum Gasteiger partial charge on any atom is -0.384 e. The Balaban J connectivity index is 2.19. The quantitative estimate of drug-likeness (QED) is 0.879. The fourth-order valence-corrected chi connectivity index (χ4v) is 3.59. The number of aromatic nitrogens is 2. The number of hydrogen-bond donors (Lipinski definition) is 1. The van der Waals surface area contributed by atoms with Crippen molar-refractivity contribution in [2.45, 2.75) is 50.5 Å². The van der Waals surface area contributed by atoms with Crippen LogP contribution in [-0.4, -0.2) is 25.2 Å². The van der Waals surface area contributed by atoms with E-state index in [0.29, 0.717) is 0 Å². The summed E-state index contributed by atoms with van der Waals surface area (Å²) in [6.07, 6.45) is 6.66. The molecule has 1 aromatic rings. The first-order valence-electron chi connectivity index (χ1n) is 6.00. The summed E-state index contributed by atoms with van der Waals surface area (Å²) >= 11 is 1.87. The number of hydrogen-bond acceptors (Lipinski definition) is 3. The fraction of sp³-hybridized carbons (Fsp3) is 0.750. The van der Waals surface area contributed by atoms with E-state index in [1.165, 1.54) is 6.42 Å². The summed E-state index contributed by atoms with van der Waals surface area (Å²) in [5.41, 5.74) is 0. The van der Waals surface area contributed by atoms with Crippen molar-refractivity contribution in [3.63, 3.8) is 0 Å². The van der Waals surface area contributed by atoms with E-state index in [9.17, 15) is 5.11 Å². The molecular weight excluding hydrogens is 220 g/mol. The van der Waals surface area contributed by atoms with Crippen LogP contribution >= 0.6 is 11.8 Å². The van der Waals surface area contributed by atoms with E-state index in [1.807, 2.05) is 18.0 Å². The zero-order valence-electron chi connectivity index (χ0n) is 10.0. The Labute approximate surface area is 101 Å². The van der Waals surface area contributed by atoms with Crippen LogP contribution in [0.4, 0.5) is 0 Å². The van der Waals surface area contributed by atoms with Crippen molar-refractivity contribution in [1.29, 1.82) is 0 Å². The smallest absolute Gasteiger partial charge is 0.139 e. The standard InChI is InChI=1S/C12H20N2OS/c1-3-7-14-8-6-13-11(14)10(15)12(2)5-4-9-16-12/h6,8,10,15H,3-5,7,9H2,1-2H3. The minimum atomic E-state index is -0.443. The van der Waals surface area contributed by atoms with E-state index in [-0.39, 0.29) is 4.75 Å². The highest BCUT2D eigenvalue weighted by atomic mass is 32.2. The third-order valence-electron chi connectivity index (χ3n) is 3.28. The lowest BCUT2D eigenvalue weighted by Gasteiger charge is -2.29. The largest absolute Gasteiger partial charge is 0.384 e. The van der Waals surface area contributed by atoms with Gasteiger partial charge in [0, 0.05) is 23.7 Å². The van der Waals surface area contributed by atoms with Crippen LogP contribution in [-0.2, 0) is 6.54 Å². The Hall–Kier alpha value is -0.480. The molecule has 4 heteroatoms. The molecule has 1 fully saturated rings. The van der Waals surface area contributed by atoms with Gasteiger partial charge in [0.15, 0.2) is 0 Å². The first kappa shape index (κ1) is 12.0. The lowest BCUT2D eigenvalue weighted by molar-refractivity contribution is 0.121. The SMILES string of the molecule is CCCn1ccnc1C(O)C1(C)CCCS1. The number of thioether (sulfide) groups is 1. The van der Waals surface area contributed by atoms with Crippen molar-refractivity contribution in [1.82, 2.24) is 9.55 Å². The molecule has 1 aromatic heterocycles. The number of aliphatic hydroxyl groups is 1. The van der Waals surface area contributed by atoms with Gasteiger partial charge in [-0.2, -0.15) is 11.8 Å². The summed E-state index contributed by atoms with van der Waals surface area (Å²) in [4.78, 5) is 4.32. The number of aryl methyl sites for hydroxylation is 1. The van der Waals surface area contributed by atoms with E-state index in [4.69, 9.17) is 0 Å². The Morgan fingerprint density at radius 1 is 1.69 bits per heavy atom. The average molecular weight is 240 g/mol. The summed E-state index contributed by atoms with van der Waals surface area (Å²) in [6.45, 7) is 5.23. The summed E-state index contributed by atoms with van der Waals surface area (Å²) in [6, 6.07) is 0. The van der Waals surface area contributed by atoms with Gasteiger partial charge in [-0.15, -0.1) is 0 Å². The normalized spacial score (nSPS) is 27.2. The number of rotatable bonds is 4. The third-order valence-corrected chi connectivity index (χ3v) is 4.86. The van der Waals surface area contributed by atoms with Gasteiger partial charge < -0.3 is 9.67 Å². The van der Waals surface area contributed by atoms with Crippen LogP contribution in [0, 0.1) is 0 Å². The first-order valence-corrected chi connectivity index (χ1v) is 6.99. The van der Waals surface area contributed by atoms with E-state index in [2.05, 4.69) is 23.4 Å². The van der Waals surface area contributed by atoms with E-state index in [1.54, 1.807) is 6.20 Å². The molecule has 1 N–H and O–H groups in total. The summed E-state index contributed by atoms with van der Waals surface area (Å²) < 4.78 is 2.03. The molecule has 1 aliphatic heterocycles. The second-order valence-corrected chi connectivity index (χ2v) is 6.28. The molecule has 0 bridgehead atoms. The van der Waals surface area contributed by atoms with Crippen LogP contribution in [0.1, 0.15) is 45.0 Å². The van der Waals surface area contributed by atoms with E-state index >= 15 is 0 Å². The molecular formula is C12H20N2OS. The predicted molar refractivity (Wildman–Crippen MR) is 67.6 cm³/mol. The van der Waals surface area contributed by atoms with Gasteiger partial charge in [-0.25, -0.2) is 4.98 Å². The molecule has 16 heavy (non-hydrogen) atoms. The van der Waals surface area contributed by atoms with Gasteiger partial charge in [0.2, 0.25) is 0 Å². The molecule has 0 saturated carbocycles. The Morgan fingerprint density at radius 3 is 3.12 bits per heavy atom. The number of aliphatic hydroxyl groups excluding tert-OH is 1. The van der Waals surface area contributed by atoms with Gasteiger partial charge in [-0.1, -0.05) is 6.92 Å². The van der Waals surface area contributed by atoms with Crippen molar-refractivity contribution < 1.29 is 5.11 Å². The van der Waals surface area contributed by atoms with Gasteiger partial charge >= 0.3 is 0 Å². The van der Waals surface area contributed by atoms with Gasteiger partial charge in [0.05, 0.1) is 0 Å². The average Bonchev–Trinajstić information content (AvgIpc) is 2.88. The van der Waals surface area contributed by atoms with Crippen molar-refractivity contribution >= 4 is 11.8 Å². The van der Waals surface area contributed by atoms with Crippen molar-refractivity contribution in [2.75, 3.05) is 5.75 Å². The summed E-state index contributed by atoms with van der Waals surface area (Å²) in [5, 5.41) is 10.5. The highest BCUT2D eigenvalue weighted by Crippen LogP contribution is 2.46. The Bertz CT molecular complexity index is 345. The second-order valence-electron chi connectivity index (χ2n) is 4.65. The topological polar surface area (TPSA) is 38.0 Å². The van der Waals surface area contributed by atoms with Crippen LogP contribution in [0.3, 0.4) is 0 Å². The zero-order chi connectivity index (χ0) is 11.6. The molecule has 0 aliphatic carbocycles. The molecule has 2 rings (SSSR count). The maximum atomic E-state index is 10.5. The van der Waals surface area contributed by atoms with Gasteiger partial charge in [-0.05, 0) is 31.9 Å². The van der Waals surface area contributed by atoms with Crippen LogP contribution < -0.4 is 0 Å². The molecule has 0 spiro atoms. The van der Waals surface area contributed by atoms with Gasteiger partial charge in [0.25, 0.3) is 0 Å². The lowest BCUT2D eigenvalue weighted by atomic mass is 9.98. The van der Waals surface area contributed by atoms with Gasteiger partial charge in [0.1, 0.15) is 11.9 Å². The highest BCUT2D eigenvalue weighted by molar-refractivity contribution is 8.00. The van der Waals surface area contributed by atoms with Gasteiger partial charge in [-0.3, -0.25) is 0 Å². The number of imidazole rings is 1. The van der Waals surface area contributed by atoms with Crippen molar-refractivity contribution in [2.24, 2.45) is 0 Å². The molecule has 0 aromatic carbocycles. The fourth-order valence-electron chi connectivity index (χ4n) is 2.29. The van der Waals surface area contributed by atoms with Crippen LogP contribution in [0.25, 0.3) is 0 Å². The van der Waals surface area contributed by atoms with Crippen LogP contribution in [0.5, 0.6) is 0 Å². The molecule has 1 aliphatic rings. The highest BCUT2D eigenvalue weighted by Gasteiger charge is 2.39. The summed E-state index contributed by atoms with van der Waals surface area (Å²) in [5.74, 6) is 1.99. The molecule has 1 saturated heterocycles.